The fraction of sp³-hybridized carbons (Fsp3) is 0.312. The topological polar surface area (TPSA) is 53.5 Å². The van der Waals surface area contributed by atoms with Gasteiger partial charge in [-0.1, -0.05) is 18.2 Å². The van der Waals surface area contributed by atoms with E-state index in [9.17, 15) is 12.8 Å². The molecule has 1 aliphatic rings. The van der Waals surface area contributed by atoms with E-state index < -0.39 is 10.0 Å². The minimum atomic E-state index is -3.39. The second-order valence-corrected chi connectivity index (χ2v) is 7.43. The summed E-state index contributed by atoms with van der Waals surface area (Å²) in [6.07, 6.45) is 1.73. The number of sulfonamides is 1. The minimum Gasteiger partial charge on any atom is -0.354 e. The summed E-state index contributed by atoms with van der Waals surface area (Å²) >= 11 is 0. The summed E-state index contributed by atoms with van der Waals surface area (Å²) in [7, 11) is -3.39. The molecule has 122 valence electrons. The van der Waals surface area contributed by atoms with E-state index in [1.54, 1.807) is 6.20 Å². The molecule has 7 heteroatoms. The number of benzene rings is 1. The van der Waals surface area contributed by atoms with Crippen molar-refractivity contribution < 1.29 is 12.8 Å². The summed E-state index contributed by atoms with van der Waals surface area (Å²) in [5.41, 5.74) is 0.596. The molecule has 23 heavy (non-hydrogen) atoms. The minimum absolute atomic E-state index is 0.100. The van der Waals surface area contributed by atoms with Crippen molar-refractivity contribution in [2.45, 2.75) is 5.75 Å². The van der Waals surface area contributed by atoms with Crippen LogP contribution in [0.4, 0.5) is 10.2 Å². The number of anilines is 1. The van der Waals surface area contributed by atoms with Crippen molar-refractivity contribution in [1.29, 1.82) is 0 Å². The second kappa shape index (κ2) is 6.64. The van der Waals surface area contributed by atoms with Crippen LogP contribution in [0, 0.1) is 5.82 Å². The smallest absolute Gasteiger partial charge is 0.218 e. The zero-order valence-electron chi connectivity index (χ0n) is 12.6. The van der Waals surface area contributed by atoms with Crippen LogP contribution in [0.2, 0.25) is 0 Å². The van der Waals surface area contributed by atoms with Crippen LogP contribution in [0.25, 0.3) is 0 Å². The highest BCUT2D eigenvalue weighted by Crippen LogP contribution is 2.17. The van der Waals surface area contributed by atoms with Crippen LogP contribution in [-0.2, 0) is 15.8 Å². The molecule has 0 spiro atoms. The molecule has 5 nitrogen and oxygen atoms in total. The lowest BCUT2D eigenvalue weighted by Gasteiger charge is -2.34. The largest absolute Gasteiger partial charge is 0.354 e. The summed E-state index contributed by atoms with van der Waals surface area (Å²) in [4.78, 5) is 6.36. The average molecular weight is 335 g/mol. The molecule has 0 unspecified atom stereocenters. The molecule has 3 rings (SSSR count). The maximum absolute atomic E-state index is 12.9. The Kier molecular flexibility index (Phi) is 4.58. The van der Waals surface area contributed by atoms with Crippen molar-refractivity contribution in [3.63, 3.8) is 0 Å². The Morgan fingerprint density at radius 3 is 2.30 bits per heavy atom. The van der Waals surface area contributed by atoms with Gasteiger partial charge in [-0.15, -0.1) is 0 Å². The molecule has 0 aliphatic carbocycles. The summed E-state index contributed by atoms with van der Waals surface area (Å²) < 4.78 is 39.4. The van der Waals surface area contributed by atoms with Crippen molar-refractivity contribution >= 4 is 15.8 Å². The van der Waals surface area contributed by atoms with Gasteiger partial charge in [0.1, 0.15) is 11.6 Å². The number of rotatable bonds is 4. The lowest BCUT2D eigenvalue weighted by molar-refractivity contribution is 0.383. The molecule has 1 aromatic heterocycles. The average Bonchev–Trinajstić information content (AvgIpc) is 2.58. The molecular weight excluding hydrogens is 317 g/mol. The SMILES string of the molecule is O=S(=O)(Cc1ccc(F)cc1)N1CCN(c2ccccn2)CC1. The Morgan fingerprint density at radius 1 is 1.00 bits per heavy atom. The fourth-order valence-electron chi connectivity index (χ4n) is 2.62. The molecule has 1 saturated heterocycles. The molecule has 2 aromatic rings. The highest BCUT2D eigenvalue weighted by Gasteiger charge is 2.27. The number of pyridine rings is 1. The second-order valence-electron chi connectivity index (χ2n) is 5.46. The number of piperazine rings is 1. The predicted octanol–water partition coefficient (Wildman–Crippen LogP) is 1.87. The maximum atomic E-state index is 12.9. The van der Waals surface area contributed by atoms with E-state index in [1.807, 2.05) is 18.2 Å². The van der Waals surface area contributed by atoms with E-state index in [1.165, 1.54) is 28.6 Å². The first-order valence-corrected chi connectivity index (χ1v) is 9.04. The van der Waals surface area contributed by atoms with Crippen LogP contribution in [0.15, 0.2) is 48.7 Å². The molecule has 0 bridgehead atoms. The highest BCUT2D eigenvalue weighted by atomic mass is 32.2. The van der Waals surface area contributed by atoms with Crippen LogP contribution in [0.1, 0.15) is 5.56 Å². The highest BCUT2D eigenvalue weighted by molar-refractivity contribution is 7.88. The Labute approximate surface area is 135 Å². The van der Waals surface area contributed by atoms with Gasteiger partial charge in [0.15, 0.2) is 0 Å². The Morgan fingerprint density at radius 2 is 1.70 bits per heavy atom. The third-order valence-electron chi connectivity index (χ3n) is 3.87. The number of hydrogen-bond acceptors (Lipinski definition) is 4. The molecule has 0 atom stereocenters. The van der Waals surface area contributed by atoms with E-state index in [2.05, 4.69) is 9.88 Å². The van der Waals surface area contributed by atoms with Crippen LogP contribution >= 0.6 is 0 Å². The van der Waals surface area contributed by atoms with Gasteiger partial charge in [-0.25, -0.2) is 17.8 Å². The number of aromatic nitrogens is 1. The summed E-state index contributed by atoms with van der Waals surface area (Å²) in [5, 5.41) is 0. The van der Waals surface area contributed by atoms with Crippen LogP contribution in [0.3, 0.4) is 0 Å². The standard InChI is InChI=1S/C16H18FN3O2S/c17-15-6-4-14(5-7-15)13-23(21,22)20-11-9-19(10-12-20)16-3-1-2-8-18-16/h1-8H,9-13H2. The van der Waals surface area contributed by atoms with Crippen molar-refractivity contribution in [2.24, 2.45) is 0 Å². The third kappa shape index (κ3) is 3.86. The summed E-state index contributed by atoms with van der Waals surface area (Å²) in [5.74, 6) is 0.398. The Hall–Kier alpha value is -1.99. The molecule has 1 aliphatic heterocycles. The first-order valence-electron chi connectivity index (χ1n) is 7.43. The van der Waals surface area contributed by atoms with Crippen molar-refractivity contribution in [3.05, 3.63) is 60.0 Å². The van der Waals surface area contributed by atoms with Gasteiger partial charge in [0.2, 0.25) is 10.0 Å². The first kappa shape index (κ1) is 15.9. The monoisotopic (exact) mass is 335 g/mol. The Balaban J connectivity index is 1.63. The molecule has 0 radical (unpaired) electrons. The van der Waals surface area contributed by atoms with Gasteiger partial charge >= 0.3 is 0 Å². The van der Waals surface area contributed by atoms with E-state index >= 15 is 0 Å². The van der Waals surface area contributed by atoms with Crippen LogP contribution in [0.5, 0.6) is 0 Å². The van der Waals surface area contributed by atoms with Gasteiger partial charge in [0, 0.05) is 32.4 Å². The van der Waals surface area contributed by atoms with Gasteiger partial charge in [-0.2, -0.15) is 4.31 Å². The maximum Gasteiger partial charge on any atom is 0.218 e. The predicted molar refractivity (Wildman–Crippen MR) is 87.0 cm³/mol. The number of halogens is 1. The van der Waals surface area contributed by atoms with Crippen molar-refractivity contribution in [2.75, 3.05) is 31.1 Å². The van der Waals surface area contributed by atoms with Gasteiger partial charge in [0.05, 0.1) is 5.75 Å². The molecule has 0 saturated carbocycles. The van der Waals surface area contributed by atoms with Gasteiger partial charge in [-0.3, -0.25) is 0 Å². The zero-order chi connectivity index (χ0) is 16.3. The molecular formula is C16H18FN3O2S. The molecule has 0 N–H and O–H groups in total. The van der Waals surface area contributed by atoms with Crippen molar-refractivity contribution in [3.8, 4) is 0 Å². The fourth-order valence-corrected chi connectivity index (χ4v) is 4.13. The molecule has 2 heterocycles. The van der Waals surface area contributed by atoms with E-state index in [0.29, 0.717) is 31.7 Å². The lowest BCUT2D eigenvalue weighted by Crippen LogP contribution is -2.49. The molecule has 1 fully saturated rings. The van der Waals surface area contributed by atoms with Gasteiger partial charge < -0.3 is 4.90 Å². The molecule has 0 amide bonds. The summed E-state index contributed by atoms with van der Waals surface area (Å²) in [6.45, 7) is 2.08. The Bertz CT molecular complexity index is 743. The third-order valence-corrected chi connectivity index (χ3v) is 5.72. The normalized spacial score (nSPS) is 16.5. The quantitative estimate of drug-likeness (QED) is 0.856. The van der Waals surface area contributed by atoms with Crippen LogP contribution < -0.4 is 4.90 Å². The molecule has 1 aromatic carbocycles. The lowest BCUT2D eigenvalue weighted by atomic mass is 10.2. The summed E-state index contributed by atoms with van der Waals surface area (Å²) in [6, 6.07) is 11.3. The zero-order valence-corrected chi connectivity index (χ0v) is 13.4. The number of nitrogens with zero attached hydrogens (tertiary/aromatic N) is 3. The van der Waals surface area contributed by atoms with Crippen molar-refractivity contribution in [1.82, 2.24) is 9.29 Å². The van der Waals surface area contributed by atoms with E-state index in [0.717, 1.165) is 5.82 Å². The van der Waals surface area contributed by atoms with Crippen LogP contribution in [-0.4, -0.2) is 43.9 Å². The van der Waals surface area contributed by atoms with E-state index in [-0.39, 0.29) is 11.6 Å². The number of hydrogen-bond donors (Lipinski definition) is 0. The van der Waals surface area contributed by atoms with Gasteiger partial charge in [-0.05, 0) is 29.8 Å². The van der Waals surface area contributed by atoms with Gasteiger partial charge in [0.25, 0.3) is 0 Å². The van der Waals surface area contributed by atoms with E-state index in [4.69, 9.17) is 0 Å². The first-order chi connectivity index (χ1) is 11.0.